The molecule has 110 valence electrons. The Bertz CT molecular complexity index is 239. The minimum absolute atomic E-state index is 0.967. The van der Waals surface area contributed by atoms with Crippen molar-refractivity contribution < 1.29 is 0 Å². The van der Waals surface area contributed by atoms with Crippen LogP contribution in [0.1, 0.15) is 84.0 Å². The second kappa shape index (κ2) is 8.12. The fourth-order valence-corrected chi connectivity index (χ4v) is 4.57. The van der Waals surface area contributed by atoms with Gasteiger partial charge in [0.25, 0.3) is 0 Å². The number of rotatable bonds is 6. The van der Waals surface area contributed by atoms with Crippen molar-refractivity contribution in [2.75, 3.05) is 0 Å². The molecule has 0 heterocycles. The first-order valence-corrected chi connectivity index (χ1v) is 8.94. The topological polar surface area (TPSA) is 0 Å². The highest BCUT2D eigenvalue weighted by molar-refractivity contribution is 4.84. The molecule has 2 rings (SSSR count). The first-order chi connectivity index (χ1) is 9.33. The number of hydrogen-bond donors (Lipinski definition) is 0. The molecule has 0 aromatic carbocycles. The van der Waals surface area contributed by atoms with Gasteiger partial charge in [-0.2, -0.15) is 0 Å². The summed E-state index contributed by atoms with van der Waals surface area (Å²) < 4.78 is 0. The van der Waals surface area contributed by atoms with Gasteiger partial charge in [-0.25, -0.2) is 0 Å². The monoisotopic (exact) mass is 262 g/mol. The second-order valence-corrected chi connectivity index (χ2v) is 7.23. The second-order valence-electron chi connectivity index (χ2n) is 7.23. The molecule has 0 atom stereocenters. The van der Waals surface area contributed by atoms with Crippen LogP contribution in [0.15, 0.2) is 12.7 Å². The smallest absolute Gasteiger partial charge is 0.0325 e. The van der Waals surface area contributed by atoms with Gasteiger partial charge in [0.1, 0.15) is 0 Å². The van der Waals surface area contributed by atoms with E-state index in [9.17, 15) is 0 Å². The van der Waals surface area contributed by atoms with E-state index in [0.717, 1.165) is 23.7 Å². The Morgan fingerprint density at radius 2 is 1.37 bits per heavy atom. The number of hydrogen-bond acceptors (Lipinski definition) is 0. The average Bonchev–Trinajstić information content (AvgIpc) is 2.47. The van der Waals surface area contributed by atoms with Crippen molar-refractivity contribution in [3.05, 3.63) is 12.7 Å². The Hall–Kier alpha value is -0.260. The van der Waals surface area contributed by atoms with E-state index in [1.807, 2.05) is 0 Å². The Balaban J connectivity index is 1.66. The number of unbranched alkanes of at least 4 members (excludes halogenated alkanes) is 1. The average molecular weight is 262 g/mol. The van der Waals surface area contributed by atoms with Gasteiger partial charge in [0.2, 0.25) is 0 Å². The maximum absolute atomic E-state index is 3.90. The van der Waals surface area contributed by atoms with Crippen LogP contribution in [0, 0.1) is 23.7 Å². The van der Waals surface area contributed by atoms with Crippen molar-refractivity contribution in [1.82, 2.24) is 0 Å². The van der Waals surface area contributed by atoms with E-state index >= 15 is 0 Å². The molecule has 0 saturated heterocycles. The molecule has 0 N–H and O–H groups in total. The van der Waals surface area contributed by atoms with Gasteiger partial charge in [0.05, 0.1) is 0 Å². The minimum atomic E-state index is 0.967. The summed E-state index contributed by atoms with van der Waals surface area (Å²) in [6, 6.07) is 0. The predicted molar refractivity (Wildman–Crippen MR) is 85.2 cm³/mol. The lowest BCUT2D eigenvalue weighted by atomic mass is 9.68. The molecule has 2 aliphatic rings. The molecule has 0 spiro atoms. The fraction of sp³-hybridized carbons (Fsp3) is 0.895. The van der Waals surface area contributed by atoms with E-state index in [-0.39, 0.29) is 0 Å². The van der Waals surface area contributed by atoms with Crippen LogP contribution in [0.4, 0.5) is 0 Å². The standard InChI is InChI=1S/C19H34/c1-3-5-7-17-10-14-19(15-11-17)18-12-8-16(6-4-2)9-13-18/h4,16-19H,2-3,5-15H2,1H3. The highest BCUT2D eigenvalue weighted by atomic mass is 14.4. The first-order valence-electron chi connectivity index (χ1n) is 8.94. The summed E-state index contributed by atoms with van der Waals surface area (Å²) in [6.45, 7) is 6.22. The van der Waals surface area contributed by atoms with Gasteiger partial charge in [-0.05, 0) is 68.6 Å². The summed E-state index contributed by atoms with van der Waals surface area (Å²) >= 11 is 0. The molecule has 0 bridgehead atoms. The highest BCUT2D eigenvalue weighted by Crippen LogP contribution is 2.42. The normalized spacial score (nSPS) is 36.1. The van der Waals surface area contributed by atoms with Gasteiger partial charge in [0, 0.05) is 0 Å². The Morgan fingerprint density at radius 3 is 1.84 bits per heavy atom. The van der Waals surface area contributed by atoms with Crippen molar-refractivity contribution in [2.45, 2.75) is 84.0 Å². The molecule has 2 aliphatic carbocycles. The van der Waals surface area contributed by atoms with Crippen LogP contribution < -0.4 is 0 Å². The largest absolute Gasteiger partial charge is 0.103 e. The van der Waals surface area contributed by atoms with Crippen LogP contribution in [-0.4, -0.2) is 0 Å². The minimum Gasteiger partial charge on any atom is -0.103 e. The molecule has 0 unspecified atom stereocenters. The van der Waals surface area contributed by atoms with Crippen LogP contribution in [0.2, 0.25) is 0 Å². The molecule has 2 fully saturated rings. The van der Waals surface area contributed by atoms with Crippen LogP contribution in [0.3, 0.4) is 0 Å². The molecule has 19 heavy (non-hydrogen) atoms. The van der Waals surface area contributed by atoms with Crippen LogP contribution in [0.25, 0.3) is 0 Å². The zero-order valence-corrected chi connectivity index (χ0v) is 13.1. The molecule has 0 radical (unpaired) electrons. The summed E-state index contributed by atoms with van der Waals surface area (Å²) in [5.74, 6) is 4.21. The van der Waals surface area contributed by atoms with Crippen molar-refractivity contribution >= 4 is 0 Å². The molecule has 0 heteroatoms. The maximum Gasteiger partial charge on any atom is -0.0325 e. The zero-order chi connectivity index (χ0) is 13.5. The lowest BCUT2D eigenvalue weighted by Crippen LogP contribution is -2.25. The lowest BCUT2D eigenvalue weighted by Gasteiger charge is -2.37. The Labute approximate surface area is 121 Å². The predicted octanol–water partition coefficient (Wildman–Crippen LogP) is 6.37. The van der Waals surface area contributed by atoms with E-state index in [0.29, 0.717) is 0 Å². The van der Waals surface area contributed by atoms with E-state index in [4.69, 9.17) is 0 Å². The van der Waals surface area contributed by atoms with Crippen LogP contribution >= 0.6 is 0 Å². The van der Waals surface area contributed by atoms with Crippen LogP contribution in [0.5, 0.6) is 0 Å². The van der Waals surface area contributed by atoms with Crippen molar-refractivity contribution in [3.63, 3.8) is 0 Å². The molecule has 0 amide bonds. The molecular weight excluding hydrogens is 228 g/mol. The molecule has 0 aliphatic heterocycles. The van der Waals surface area contributed by atoms with Gasteiger partial charge >= 0.3 is 0 Å². The van der Waals surface area contributed by atoms with E-state index < -0.39 is 0 Å². The molecule has 0 aromatic heterocycles. The quantitative estimate of drug-likeness (QED) is 0.488. The Morgan fingerprint density at radius 1 is 0.842 bits per heavy atom. The summed E-state index contributed by atoms with van der Waals surface area (Å²) in [6.07, 6.45) is 19.9. The fourth-order valence-electron chi connectivity index (χ4n) is 4.57. The third-order valence-corrected chi connectivity index (χ3v) is 5.92. The Kier molecular flexibility index (Phi) is 6.47. The van der Waals surface area contributed by atoms with Crippen molar-refractivity contribution in [2.24, 2.45) is 23.7 Å². The van der Waals surface area contributed by atoms with E-state index in [1.54, 1.807) is 12.8 Å². The van der Waals surface area contributed by atoms with Gasteiger partial charge in [0.15, 0.2) is 0 Å². The van der Waals surface area contributed by atoms with Gasteiger partial charge in [-0.15, -0.1) is 6.58 Å². The summed E-state index contributed by atoms with van der Waals surface area (Å²) in [4.78, 5) is 0. The maximum atomic E-state index is 3.90. The summed E-state index contributed by atoms with van der Waals surface area (Å²) in [5.41, 5.74) is 0. The van der Waals surface area contributed by atoms with Gasteiger partial charge in [-0.3, -0.25) is 0 Å². The third kappa shape index (κ3) is 4.65. The molecule has 0 nitrogen and oxygen atoms in total. The highest BCUT2D eigenvalue weighted by Gasteiger charge is 2.30. The van der Waals surface area contributed by atoms with Crippen LogP contribution in [-0.2, 0) is 0 Å². The van der Waals surface area contributed by atoms with Gasteiger partial charge in [-0.1, -0.05) is 45.1 Å². The molecule has 2 saturated carbocycles. The first kappa shape index (κ1) is 15.1. The lowest BCUT2D eigenvalue weighted by molar-refractivity contribution is 0.143. The SMILES string of the molecule is C=CCC1CCC(C2CCC(CCCC)CC2)CC1. The molecule has 0 aromatic rings. The number of allylic oxidation sites excluding steroid dienone is 1. The summed E-state index contributed by atoms with van der Waals surface area (Å²) in [5, 5.41) is 0. The third-order valence-electron chi connectivity index (χ3n) is 5.92. The van der Waals surface area contributed by atoms with Crippen molar-refractivity contribution in [3.8, 4) is 0 Å². The van der Waals surface area contributed by atoms with Crippen molar-refractivity contribution in [1.29, 1.82) is 0 Å². The zero-order valence-electron chi connectivity index (χ0n) is 13.1. The van der Waals surface area contributed by atoms with E-state index in [2.05, 4.69) is 19.6 Å². The molecular formula is C19H34. The van der Waals surface area contributed by atoms with Gasteiger partial charge < -0.3 is 0 Å². The van der Waals surface area contributed by atoms with E-state index in [1.165, 1.54) is 64.2 Å². The summed E-state index contributed by atoms with van der Waals surface area (Å²) in [7, 11) is 0.